The van der Waals surface area contributed by atoms with Crippen LogP contribution in [0.2, 0.25) is 0 Å². The van der Waals surface area contributed by atoms with Crippen molar-refractivity contribution in [2.75, 3.05) is 19.6 Å². The number of piperazine rings is 1. The lowest BCUT2D eigenvalue weighted by atomic mass is 10.0. The number of nitro groups is 1. The van der Waals surface area contributed by atoms with Crippen molar-refractivity contribution in [3.05, 3.63) is 75.1 Å². The monoisotopic (exact) mass is 394 g/mol. The summed E-state index contributed by atoms with van der Waals surface area (Å²) in [7, 11) is 0. The van der Waals surface area contributed by atoms with Crippen LogP contribution in [0.5, 0.6) is 0 Å². The highest BCUT2D eigenvalue weighted by Gasteiger charge is 2.27. The molecule has 1 aliphatic rings. The lowest BCUT2D eigenvalue weighted by Crippen LogP contribution is -2.45. The Balaban J connectivity index is 0.00000261. The van der Waals surface area contributed by atoms with Crippen LogP contribution in [0.3, 0.4) is 0 Å². The fourth-order valence-electron chi connectivity index (χ4n) is 3.22. The molecule has 1 amide bonds. The maximum atomic E-state index is 13.6. The molecule has 0 aliphatic carbocycles. The molecule has 1 aliphatic heterocycles. The van der Waals surface area contributed by atoms with E-state index in [0.29, 0.717) is 25.2 Å². The molecule has 3 N–H and O–H groups in total. The Morgan fingerprint density at radius 1 is 1.33 bits per heavy atom. The first kappa shape index (κ1) is 20.8. The largest absolute Gasteiger partial charge is 0.366 e. The van der Waals surface area contributed by atoms with Crippen molar-refractivity contribution >= 4 is 24.0 Å². The van der Waals surface area contributed by atoms with E-state index in [0.717, 1.165) is 12.1 Å². The van der Waals surface area contributed by atoms with Crippen molar-refractivity contribution in [3.63, 3.8) is 0 Å². The number of nitrogens with zero attached hydrogens (tertiary/aromatic N) is 2. The number of carbonyl (C=O) groups excluding carboxylic acids is 1. The third kappa shape index (κ3) is 4.79. The molecule has 0 aromatic heterocycles. The highest BCUT2D eigenvalue weighted by Crippen LogP contribution is 2.28. The summed E-state index contributed by atoms with van der Waals surface area (Å²) < 4.78 is 13.6. The van der Waals surface area contributed by atoms with Gasteiger partial charge in [0.05, 0.1) is 4.92 Å². The van der Waals surface area contributed by atoms with Crippen LogP contribution >= 0.6 is 12.4 Å². The second-order valence-electron chi connectivity index (χ2n) is 6.21. The third-order valence-corrected chi connectivity index (χ3v) is 4.53. The van der Waals surface area contributed by atoms with E-state index in [1.54, 1.807) is 12.1 Å². The van der Waals surface area contributed by atoms with Crippen LogP contribution in [0, 0.1) is 15.9 Å². The van der Waals surface area contributed by atoms with Crippen LogP contribution < -0.4 is 11.1 Å². The molecule has 1 atom stereocenters. The van der Waals surface area contributed by atoms with Crippen LogP contribution in [0.1, 0.15) is 27.5 Å². The van der Waals surface area contributed by atoms with E-state index >= 15 is 0 Å². The van der Waals surface area contributed by atoms with Gasteiger partial charge in [-0.15, -0.1) is 12.4 Å². The van der Waals surface area contributed by atoms with E-state index < -0.39 is 10.8 Å². The molecule has 1 saturated heterocycles. The molecule has 0 radical (unpaired) electrons. The SMILES string of the molecule is Cl.NC(=O)c1ccc(CN2CCNCC2c2cccc(F)c2)c([N+](=O)[O-])c1. The molecule has 0 bridgehead atoms. The number of benzene rings is 2. The van der Waals surface area contributed by atoms with Gasteiger partial charge in [0.15, 0.2) is 0 Å². The van der Waals surface area contributed by atoms with Gasteiger partial charge < -0.3 is 11.1 Å². The van der Waals surface area contributed by atoms with Gasteiger partial charge in [0.1, 0.15) is 5.82 Å². The number of rotatable bonds is 5. The Labute approximate surface area is 161 Å². The molecule has 27 heavy (non-hydrogen) atoms. The summed E-state index contributed by atoms with van der Waals surface area (Å²) in [6.45, 7) is 2.34. The Morgan fingerprint density at radius 3 is 2.78 bits per heavy atom. The van der Waals surface area contributed by atoms with Gasteiger partial charge in [-0.25, -0.2) is 4.39 Å². The average Bonchev–Trinajstić information content (AvgIpc) is 2.62. The second kappa shape index (κ2) is 8.90. The predicted molar refractivity (Wildman–Crippen MR) is 101 cm³/mol. The number of carbonyl (C=O) groups is 1. The normalized spacial score (nSPS) is 17.1. The van der Waals surface area contributed by atoms with Crippen molar-refractivity contribution < 1.29 is 14.1 Å². The molecular formula is C18H20ClFN4O3. The van der Waals surface area contributed by atoms with Crippen LogP contribution in [0.4, 0.5) is 10.1 Å². The summed E-state index contributed by atoms with van der Waals surface area (Å²) in [5, 5.41) is 14.7. The third-order valence-electron chi connectivity index (χ3n) is 4.53. The van der Waals surface area contributed by atoms with Gasteiger partial charge in [0.2, 0.25) is 5.91 Å². The molecule has 2 aromatic carbocycles. The zero-order valence-corrected chi connectivity index (χ0v) is 15.2. The van der Waals surface area contributed by atoms with Crippen molar-refractivity contribution in [1.82, 2.24) is 10.2 Å². The Kier molecular flexibility index (Phi) is 6.84. The van der Waals surface area contributed by atoms with Gasteiger partial charge in [0, 0.05) is 49.4 Å². The number of primary amides is 1. The van der Waals surface area contributed by atoms with Gasteiger partial charge >= 0.3 is 0 Å². The fraction of sp³-hybridized carbons (Fsp3) is 0.278. The van der Waals surface area contributed by atoms with Crippen molar-refractivity contribution in [1.29, 1.82) is 0 Å². The molecule has 2 aromatic rings. The van der Waals surface area contributed by atoms with Gasteiger partial charge in [-0.3, -0.25) is 19.8 Å². The number of halogens is 2. The summed E-state index contributed by atoms with van der Waals surface area (Å²) in [5.41, 5.74) is 6.47. The van der Waals surface area contributed by atoms with E-state index in [-0.39, 0.29) is 35.5 Å². The number of nitrogens with one attached hydrogen (secondary N) is 1. The maximum Gasteiger partial charge on any atom is 0.274 e. The van der Waals surface area contributed by atoms with E-state index in [1.807, 2.05) is 6.07 Å². The highest BCUT2D eigenvalue weighted by molar-refractivity contribution is 5.93. The number of amides is 1. The predicted octanol–water partition coefficient (Wildman–Crippen LogP) is 2.40. The van der Waals surface area contributed by atoms with Crippen molar-refractivity contribution in [2.45, 2.75) is 12.6 Å². The van der Waals surface area contributed by atoms with Gasteiger partial charge in [-0.05, 0) is 23.8 Å². The summed E-state index contributed by atoms with van der Waals surface area (Å²) in [5.74, 6) is -1.02. The van der Waals surface area contributed by atoms with E-state index in [1.165, 1.54) is 24.3 Å². The molecule has 1 unspecified atom stereocenters. The summed E-state index contributed by atoms with van der Waals surface area (Å²) in [4.78, 5) is 24.3. The number of nitro benzene ring substituents is 1. The Morgan fingerprint density at radius 2 is 2.11 bits per heavy atom. The van der Waals surface area contributed by atoms with Gasteiger partial charge in [-0.2, -0.15) is 0 Å². The molecule has 3 rings (SSSR count). The minimum Gasteiger partial charge on any atom is -0.366 e. The van der Waals surface area contributed by atoms with Gasteiger partial charge in [0.25, 0.3) is 5.69 Å². The molecular weight excluding hydrogens is 375 g/mol. The number of hydrogen-bond acceptors (Lipinski definition) is 5. The molecule has 9 heteroatoms. The first-order valence-electron chi connectivity index (χ1n) is 8.23. The van der Waals surface area contributed by atoms with E-state index in [2.05, 4.69) is 10.2 Å². The van der Waals surface area contributed by atoms with Gasteiger partial charge in [-0.1, -0.05) is 18.2 Å². The quantitative estimate of drug-likeness (QED) is 0.599. The Hall–Kier alpha value is -2.55. The zero-order valence-electron chi connectivity index (χ0n) is 14.4. The minimum absolute atomic E-state index is 0. The summed E-state index contributed by atoms with van der Waals surface area (Å²) in [6, 6.07) is 10.5. The second-order valence-corrected chi connectivity index (χ2v) is 6.21. The van der Waals surface area contributed by atoms with E-state index in [4.69, 9.17) is 5.73 Å². The molecule has 7 nitrogen and oxygen atoms in total. The highest BCUT2D eigenvalue weighted by atomic mass is 35.5. The van der Waals surface area contributed by atoms with Crippen LogP contribution in [0.25, 0.3) is 0 Å². The molecule has 1 fully saturated rings. The number of hydrogen-bond donors (Lipinski definition) is 2. The topological polar surface area (TPSA) is 102 Å². The molecule has 1 heterocycles. The van der Waals surface area contributed by atoms with Crippen molar-refractivity contribution in [3.8, 4) is 0 Å². The molecule has 0 saturated carbocycles. The van der Waals surface area contributed by atoms with Crippen LogP contribution in [-0.2, 0) is 6.54 Å². The van der Waals surface area contributed by atoms with E-state index in [9.17, 15) is 19.3 Å². The molecule has 0 spiro atoms. The zero-order chi connectivity index (χ0) is 18.7. The maximum absolute atomic E-state index is 13.6. The lowest BCUT2D eigenvalue weighted by Gasteiger charge is -2.36. The van der Waals surface area contributed by atoms with Crippen LogP contribution in [0.15, 0.2) is 42.5 Å². The van der Waals surface area contributed by atoms with Crippen LogP contribution in [-0.4, -0.2) is 35.4 Å². The standard InChI is InChI=1S/C18H19FN4O3.ClH/c19-15-3-1-2-12(8-15)17-10-21-6-7-22(17)11-14-5-4-13(18(20)24)9-16(14)23(25)26;/h1-5,8-9,17,21H,6-7,10-11H2,(H2,20,24);1H. The smallest absolute Gasteiger partial charge is 0.274 e. The Bertz CT molecular complexity index is 849. The lowest BCUT2D eigenvalue weighted by molar-refractivity contribution is -0.385. The molecule has 144 valence electrons. The summed E-state index contributed by atoms with van der Waals surface area (Å²) >= 11 is 0. The first-order valence-corrected chi connectivity index (χ1v) is 8.23. The minimum atomic E-state index is -0.709. The average molecular weight is 395 g/mol. The first-order chi connectivity index (χ1) is 12.5. The fourth-order valence-corrected chi connectivity index (χ4v) is 3.22. The van der Waals surface area contributed by atoms with Crippen molar-refractivity contribution in [2.24, 2.45) is 5.73 Å². The number of nitrogens with two attached hydrogens (primary N) is 1. The summed E-state index contributed by atoms with van der Waals surface area (Å²) in [6.07, 6.45) is 0.